The van der Waals surface area contributed by atoms with Gasteiger partial charge >= 0.3 is 0 Å². The lowest BCUT2D eigenvalue weighted by molar-refractivity contribution is -0.113. The molecule has 0 fully saturated rings. The molecule has 0 atom stereocenters. The number of amides is 1. The molecule has 0 aliphatic heterocycles. The second-order valence-corrected chi connectivity index (χ2v) is 6.02. The van der Waals surface area contributed by atoms with Crippen molar-refractivity contribution >= 4 is 23.4 Å². The Kier molecular flexibility index (Phi) is 6.87. The molecule has 1 amide bonds. The summed E-state index contributed by atoms with van der Waals surface area (Å²) in [5.74, 6) is 0.601. The number of aryl methyl sites for hydroxylation is 1. The fourth-order valence-corrected chi connectivity index (χ4v) is 2.80. The van der Waals surface area contributed by atoms with Gasteiger partial charge in [-0.3, -0.25) is 9.59 Å². The topological polar surface area (TPSA) is 84.1 Å². The third kappa shape index (κ3) is 5.42. The molecule has 0 saturated heterocycles. The van der Waals surface area contributed by atoms with E-state index in [1.807, 2.05) is 26.0 Å². The van der Waals surface area contributed by atoms with Crippen LogP contribution in [0.1, 0.15) is 26.0 Å². The van der Waals surface area contributed by atoms with Gasteiger partial charge in [0.2, 0.25) is 5.91 Å². The van der Waals surface area contributed by atoms with Crippen LogP contribution in [0.4, 0.5) is 5.69 Å². The molecule has 0 aliphatic carbocycles. The van der Waals surface area contributed by atoms with E-state index in [9.17, 15) is 9.59 Å². The van der Waals surface area contributed by atoms with Crippen LogP contribution in [0.5, 0.6) is 5.75 Å². The van der Waals surface area contributed by atoms with E-state index >= 15 is 0 Å². The Morgan fingerprint density at radius 1 is 1.33 bits per heavy atom. The van der Waals surface area contributed by atoms with Crippen molar-refractivity contribution in [1.82, 2.24) is 9.97 Å². The third-order valence-corrected chi connectivity index (χ3v) is 3.95. The van der Waals surface area contributed by atoms with Crippen molar-refractivity contribution in [2.45, 2.75) is 31.8 Å². The minimum atomic E-state index is -0.196. The number of para-hydroxylation sites is 2. The maximum atomic E-state index is 12.1. The van der Waals surface area contributed by atoms with Gasteiger partial charge in [-0.2, -0.15) is 0 Å². The van der Waals surface area contributed by atoms with Gasteiger partial charge in [0, 0.05) is 11.8 Å². The second-order valence-electron chi connectivity index (χ2n) is 5.06. The molecular weight excluding hydrogens is 326 g/mol. The molecule has 1 aromatic carbocycles. The van der Waals surface area contributed by atoms with Gasteiger partial charge in [0.25, 0.3) is 5.56 Å². The van der Waals surface area contributed by atoms with Crippen LogP contribution in [-0.2, 0) is 11.2 Å². The normalized spacial score (nSPS) is 10.4. The minimum Gasteiger partial charge on any atom is -0.492 e. The molecule has 0 radical (unpaired) electrons. The fraction of sp³-hybridized carbons (Fsp3) is 0.353. The first-order chi connectivity index (χ1) is 11.6. The summed E-state index contributed by atoms with van der Waals surface area (Å²) in [6, 6.07) is 8.77. The average Bonchev–Trinajstić information content (AvgIpc) is 2.55. The lowest BCUT2D eigenvalue weighted by Crippen LogP contribution is -2.16. The molecule has 1 aromatic heterocycles. The number of aromatic amines is 1. The van der Waals surface area contributed by atoms with Crippen molar-refractivity contribution in [3.05, 3.63) is 46.4 Å². The lowest BCUT2D eigenvalue weighted by atomic mass is 10.2. The van der Waals surface area contributed by atoms with E-state index in [2.05, 4.69) is 15.3 Å². The number of nitrogens with one attached hydrogen (secondary N) is 2. The zero-order chi connectivity index (χ0) is 17.4. The van der Waals surface area contributed by atoms with E-state index in [0.717, 1.165) is 18.5 Å². The predicted molar refractivity (Wildman–Crippen MR) is 95.8 cm³/mol. The first-order valence-corrected chi connectivity index (χ1v) is 8.85. The number of anilines is 1. The molecule has 6 nitrogen and oxygen atoms in total. The van der Waals surface area contributed by atoms with Crippen molar-refractivity contribution in [1.29, 1.82) is 0 Å². The number of carbonyl (C=O) groups excluding carboxylic acids is 1. The number of thioether (sulfide) groups is 1. The molecule has 2 rings (SSSR count). The van der Waals surface area contributed by atoms with Crippen LogP contribution in [0.3, 0.4) is 0 Å². The van der Waals surface area contributed by atoms with Crippen LogP contribution in [0, 0.1) is 0 Å². The van der Waals surface area contributed by atoms with Gasteiger partial charge < -0.3 is 15.0 Å². The molecule has 0 spiro atoms. The van der Waals surface area contributed by atoms with Gasteiger partial charge in [-0.25, -0.2) is 4.98 Å². The standard InChI is InChI=1S/C17H21N3O3S/c1-3-7-12-10-15(21)20-17(18-12)24-11-16(22)19-13-8-5-6-9-14(13)23-4-2/h5-6,8-10H,3-4,7,11H2,1-2H3,(H,19,22)(H,18,20,21). The Hall–Kier alpha value is -2.28. The molecule has 0 unspecified atom stereocenters. The Labute approximate surface area is 145 Å². The highest BCUT2D eigenvalue weighted by Gasteiger charge is 2.09. The number of hydrogen-bond donors (Lipinski definition) is 2. The summed E-state index contributed by atoms with van der Waals surface area (Å²) >= 11 is 1.20. The van der Waals surface area contributed by atoms with Gasteiger partial charge in [0.15, 0.2) is 5.16 Å². The van der Waals surface area contributed by atoms with Gasteiger partial charge in [-0.15, -0.1) is 0 Å². The minimum absolute atomic E-state index is 0.152. The van der Waals surface area contributed by atoms with E-state index in [1.165, 1.54) is 17.8 Å². The molecule has 2 aromatic rings. The lowest BCUT2D eigenvalue weighted by Gasteiger charge is -2.11. The Morgan fingerprint density at radius 3 is 2.88 bits per heavy atom. The van der Waals surface area contributed by atoms with Crippen molar-refractivity contribution < 1.29 is 9.53 Å². The highest BCUT2D eigenvalue weighted by Crippen LogP contribution is 2.24. The summed E-state index contributed by atoms with van der Waals surface area (Å²) < 4.78 is 5.48. The largest absolute Gasteiger partial charge is 0.492 e. The van der Waals surface area contributed by atoms with Gasteiger partial charge in [0.05, 0.1) is 18.0 Å². The molecule has 0 aliphatic rings. The van der Waals surface area contributed by atoms with Crippen LogP contribution in [-0.4, -0.2) is 28.2 Å². The highest BCUT2D eigenvalue weighted by molar-refractivity contribution is 7.99. The molecule has 128 valence electrons. The highest BCUT2D eigenvalue weighted by atomic mass is 32.2. The molecule has 0 bridgehead atoms. The molecular formula is C17H21N3O3S. The van der Waals surface area contributed by atoms with E-state index in [1.54, 1.807) is 12.1 Å². The number of H-pyrrole nitrogens is 1. The number of benzene rings is 1. The van der Waals surface area contributed by atoms with Crippen LogP contribution in [0.15, 0.2) is 40.3 Å². The number of carbonyl (C=O) groups is 1. The smallest absolute Gasteiger partial charge is 0.251 e. The maximum Gasteiger partial charge on any atom is 0.251 e. The monoisotopic (exact) mass is 347 g/mol. The number of ether oxygens (including phenoxy) is 1. The summed E-state index contributed by atoms with van der Waals surface area (Å²) in [7, 11) is 0. The molecule has 1 heterocycles. The van der Waals surface area contributed by atoms with Gasteiger partial charge in [-0.1, -0.05) is 37.2 Å². The first kappa shape index (κ1) is 18.1. The quantitative estimate of drug-likeness (QED) is 0.567. The van der Waals surface area contributed by atoms with E-state index in [0.29, 0.717) is 23.2 Å². The number of nitrogens with zero attached hydrogens (tertiary/aromatic N) is 1. The Morgan fingerprint density at radius 2 is 2.12 bits per heavy atom. The summed E-state index contributed by atoms with van der Waals surface area (Å²) in [6.45, 7) is 4.44. The Balaban J connectivity index is 1.97. The average molecular weight is 347 g/mol. The maximum absolute atomic E-state index is 12.1. The van der Waals surface area contributed by atoms with E-state index in [4.69, 9.17) is 4.74 Å². The summed E-state index contributed by atoms with van der Waals surface area (Å²) in [4.78, 5) is 30.7. The summed E-state index contributed by atoms with van der Waals surface area (Å²) in [5, 5.41) is 3.27. The molecule has 7 heteroatoms. The fourth-order valence-electron chi connectivity index (χ4n) is 2.11. The van der Waals surface area contributed by atoms with Crippen LogP contribution in [0.25, 0.3) is 0 Å². The zero-order valence-corrected chi connectivity index (χ0v) is 14.6. The number of hydrogen-bond acceptors (Lipinski definition) is 5. The summed E-state index contributed by atoms with van der Waals surface area (Å²) in [5.41, 5.74) is 1.18. The van der Waals surface area contributed by atoms with Gasteiger partial charge in [0.1, 0.15) is 5.75 Å². The van der Waals surface area contributed by atoms with Gasteiger partial charge in [-0.05, 0) is 25.5 Å². The number of rotatable bonds is 8. The third-order valence-electron chi connectivity index (χ3n) is 3.08. The van der Waals surface area contributed by atoms with Crippen molar-refractivity contribution in [2.24, 2.45) is 0 Å². The van der Waals surface area contributed by atoms with E-state index in [-0.39, 0.29) is 17.2 Å². The predicted octanol–water partition coefficient (Wildman–Crippen LogP) is 2.85. The molecule has 0 saturated carbocycles. The van der Waals surface area contributed by atoms with Crippen molar-refractivity contribution in [3.8, 4) is 5.75 Å². The van der Waals surface area contributed by atoms with Crippen LogP contribution in [0.2, 0.25) is 0 Å². The molecule has 24 heavy (non-hydrogen) atoms. The second kappa shape index (κ2) is 9.12. The Bertz CT molecular complexity index is 746. The SMILES string of the molecule is CCCc1cc(=O)[nH]c(SCC(=O)Nc2ccccc2OCC)n1. The van der Waals surface area contributed by atoms with Crippen molar-refractivity contribution in [2.75, 3.05) is 17.7 Å². The number of aromatic nitrogens is 2. The van der Waals surface area contributed by atoms with Crippen LogP contribution >= 0.6 is 11.8 Å². The summed E-state index contributed by atoms with van der Waals surface area (Å²) in [6.07, 6.45) is 1.65. The van der Waals surface area contributed by atoms with E-state index < -0.39 is 0 Å². The zero-order valence-electron chi connectivity index (χ0n) is 13.8. The van der Waals surface area contributed by atoms with Crippen molar-refractivity contribution in [3.63, 3.8) is 0 Å². The molecule has 2 N–H and O–H groups in total. The van der Waals surface area contributed by atoms with Crippen LogP contribution < -0.4 is 15.6 Å². The first-order valence-electron chi connectivity index (χ1n) is 7.87.